The summed E-state index contributed by atoms with van der Waals surface area (Å²) in [4.78, 5) is 23.8. The average molecular weight is 316 g/mol. The van der Waals surface area contributed by atoms with Gasteiger partial charge in [0.25, 0.3) is 0 Å². The summed E-state index contributed by atoms with van der Waals surface area (Å²) in [7, 11) is 0. The van der Waals surface area contributed by atoms with Gasteiger partial charge < -0.3 is 10.6 Å². The van der Waals surface area contributed by atoms with Crippen LogP contribution in [0, 0.1) is 23.2 Å². The predicted molar refractivity (Wildman–Crippen MR) is 88.5 cm³/mol. The highest BCUT2D eigenvalue weighted by molar-refractivity contribution is 5.88. The highest BCUT2D eigenvalue weighted by atomic mass is 16.2. The molecule has 2 heterocycles. The largest absolute Gasteiger partial charge is 0.353 e. The quantitative estimate of drug-likeness (QED) is 0.721. The maximum atomic E-state index is 11.9. The van der Waals surface area contributed by atoms with Gasteiger partial charge in [-0.3, -0.25) is 9.59 Å². The van der Waals surface area contributed by atoms with Crippen LogP contribution in [0.2, 0.25) is 0 Å². The number of piperidine rings is 1. The van der Waals surface area contributed by atoms with Gasteiger partial charge in [-0.25, -0.2) is 0 Å². The fourth-order valence-corrected chi connectivity index (χ4v) is 6.24. The Morgan fingerprint density at radius 3 is 2.70 bits per heavy atom. The second-order valence-electron chi connectivity index (χ2n) is 8.59. The zero-order valence-corrected chi connectivity index (χ0v) is 14.3. The molecule has 0 aromatic rings. The van der Waals surface area contributed by atoms with E-state index in [1.165, 1.54) is 18.4 Å². The molecule has 0 aromatic heterocycles. The SMILES string of the molecule is C[C@]12CCNC(=O)C=C1CC[C@@H]1[C@@H]2CC[C@]2(C)NC(=O)CC[C@@H]12. The topological polar surface area (TPSA) is 58.2 Å². The third-order valence-corrected chi connectivity index (χ3v) is 7.48. The molecule has 0 spiro atoms. The first-order chi connectivity index (χ1) is 10.9. The fraction of sp³-hybridized carbons (Fsp3) is 0.789. The van der Waals surface area contributed by atoms with Gasteiger partial charge in [0.15, 0.2) is 0 Å². The summed E-state index contributed by atoms with van der Waals surface area (Å²) in [6, 6.07) is 0. The molecule has 4 rings (SSSR count). The summed E-state index contributed by atoms with van der Waals surface area (Å²) in [6.45, 7) is 5.44. The number of hydrogen-bond acceptors (Lipinski definition) is 2. The Morgan fingerprint density at radius 1 is 1.04 bits per heavy atom. The molecule has 5 atom stereocenters. The number of carbonyl (C=O) groups is 2. The molecule has 0 unspecified atom stereocenters. The highest BCUT2D eigenvalue weighted by Crippen LogP contribution is 2.59. The number of rotatable bonds is 0. The summed E-state index contributed by atoms with van der Waals surface area (Å²) in [5.74, 6) is 2.26. The summed E-state index contributed by atoms with van der Waals surface area (Å²) in [5, 5.41) is 6.33. The molecule has 23 heavy (non-hydrogen) atoms. The predicted octanol–water partition coefficient (Wildman–Crippen LogP) is 2.54. The van der Waals surface area contributed by atoms with Gasteiger partial charge in [0.2, 0.25) is 11.8 Å². The van der Waals surface area contributed by atoms with E-state index >= 15 is 0 Å². The molecule has 2 N–H and O–H groups in total. The van der Waals surface area contributed by atoms with Crippen LogP contribution in [0.4, 0.5) is 0 Å². The first-order valence-corrected chi connectivity index (χ1v) is 9.22. The lowest BCUT2D eigenvalue weighted by atomic mass is 9.48. The van der Waals surface area contributed by atoms with Crippen molar-refractivity contribution in [3.8, 4) is 0 Å². The minimum Gasteiger partial charge on any atom is -0.353 e. The molecule has 4 heteroatoms. The molecule has 2 amide bonds. The van der Waals surface area contributed by atoms with Gasteiger partial charge in [-0.1, -0.05) is 12.5 Å². The van der Waals surface area contributed by atoms with Gasteiger partial charge in [-0.05, 0) is 68.6 Å². The van der Waals surface area contributed by atoms with E-state index in [4.69, 9.17) is 0 Å². The summed E-state index contributed by atoms with van der Waals surface area (Å²) in [6.07, 6.45) is 9.13. The van der Waals surface area contributed by atoms with Gasteiger partial charge in [0.1, 0.15) is 0 Å². The molecule has 1 saturated heterocycles. The Balaban J connectivity index is 1.67. The Hall–Kier alpha value is -1.32. The minimum absolute atomic E-state index is 0.00707. The molecule has 2 aliphatic carbocycles. The number of allylic oxidation sites excluding steroid dienone is 1. The first kappa shape index (κ1) is 15.2. The molecule has 4 aliphatic rings. The van der Waals surface area contributed by atoms with Crippen molar-refractivity contribution < 1.29 is 9.59 Å². The third kappa shape index (κ3) is 2.25. The van der Waals surface area contributed by atoms with Crippen LogP contribution in [-0.2, 0) is 9.59 Å². The van der Waals surface area contributed by atoms with Crippen molar-refractivity contribution in [2.24, 2.45) is 23.2 Å². The van der Waals surface area contributed by atoms with Crippen LogP contribution >= 0.6 is 0 Å². The molecular weight excluding hydrogens is 288 g/mol. The van der Waals surface area contributed by atoms with Crippen molar-refractivity contribution in [1.82, 2.24) is 10.6 Å². The molecule has 4 nitrogen and oxygen atoms in total. The zero-order valence-electron chi connectivity index (χ0n) is 14.3. The van der Waals surface area contributed by atoms with Gasteiger partial charge in [0, 0.05) is 24.6 Å². The number of fused-ring (bicyclic) bond motifs is 5. The standard InChI is InChI=1S/C19H28N2O2/c1-18-9-10-20-17(23)11-12(18)3-4-13-14(18)7-8-19(2)15(13)5-6-16(22)21-19/h11,13-15H,3-10H2,1-2H3,(H,20,23)(H,21,22)/t13-,14+,15+,18+,19+/m1/s1. The van der Waals surface area contributed by atoms with Crippen molar-refractivity contribution >= 4 is 11.8 Å². The molecule has 126 valence electrons. The van der Waals surface area contributed by atoms with Gasteiger partial charge in [-0.2, -0.15) is 0 Å². The number of hydrogen-bond donors (Lipinski definition) is 2. The maximum Gasteiger partial charge on any atom is 0.243 e. The molecular formula is C19H28N2O2. The molecule has 2 saturated carbocycles. The smallest absolute Gasteiger partial charge is 0.243 e. The van der Waals surface area contributed by atoms with Crippen LogP contribution in [0.5, 0.6) is 0 Å². The van der Waals surface area contributed by atoms with Gasteiger partial charge >= 0.3 is 0 Å². The summed E-state index contributed by atoms with van der Waals surface area (Å²) < 4.78 is 0. The van der Waals surface area contributed by atoms with Crippen molar-refractivity contribution in [3.63, 3.8) is 0 Å². The van der Waals surface area contributed by atoms with E-state index in [1.54, 1.807) is 0 Å². The van der Waals surface area contributed by atoms with E-state index in [9.17, 15) is 9.59 Å². The Morgan fingerprint density at radius 2 is 1.87 bits per heavy atom. The van der Waals surface area contributed by atoms with Crippen molar-refractivity contribution in [1.29, 1.82) is 0 Å². The van der Waals surface area contributed by atoms with Gasteiger partial charge in [0.05, 0.1) is 0 Å². The van der Waals surface area contributed by atoms with E-state index in [1.807, 2.05) is 6.08 Å². The third-order valence-electron chi connectivity index (χ3n) is 7.48. The van der Waals surface area contributed by atoms with E-state index in [-0.39, 0.29) is 22.8 Å². The Bertz CT molecular complexity index is 584. The summed E-state index contributed by atoms with van der Waals surface area (Å²) in [5.41, 5.74) is 1.52. The highest BCUT2D eigenvalue weighted by Gasteiger charge is 2.55. The number of nitrogens with one attached hydrogen (secondary N) is 2. The van der Waals surface area contributed by atoms with Crippen molar-refractivity contribution in [2.75, 3.05) is 6.54 Å². The lowest BCUT2D eigenvalue weighted by molar-refractivity contribution is -0.131. The van der Waals surface area contributed by atoms with Crippen LogP contribution in [0.3, 0.4) is 0 Å². The van der Waals surface area contributed by atoms with Crippen LogP contribution in [0.1, 0.15) is 58.8 Å². The van der Waals surface area contributed by atoms with Gasteiger partial charge in [-0.15, -0.1) is 0 Å². The molecule has 0 radical (unpaired) electrons. The lowest BCUT2D eigenvalue weighted by Gasteiger charge is -2.59. The van der Waals surface area contributed by atoms with Crippen molar-refractivity contribution in [2.45, 2.75) is 64.3 Å². The van der Waals surface area contributed by atoms with E-state index in [2.05, 4.69) is 24.5 Å². The second kappa shape index (κ2) is 5.09. The fourth-order valence-electron chi connectivity index (χ4n) is 6.24. The Kier molecular flexibility index (Phi) is 3.37. The Labute approximate surface area is 138 Å². The number of carbonyl (C=O) groups excluding carboxylic acids is 2. The van der Waals surface area contributed by atoms with Crippen molar-refractivity contribution in [3.05, 3.63) is 11.6 Å². The molecule has 0 aromatic carbocycles. The minimum atomic E-state index is -0.00707. The monoisotopic (exact) mass is 316 g/mol. The van der Waals surface area contributed by atoms with Crippen LogP contribution in [-0.4, -0.2) is 23.9 Å². The zero-order chi connectivity index (χ0) is 16.2. The molecule has 3 fully saturated rings. The van der Waals surface area contributed by atoms with E-state index in [0.29, 0.717) is 24.2 Å². The number of amides is 2. The van der Waals surface area contributed by atoms with Crippen LogP contribution < -0.4 is 10.6 Å². The molecule has 2 aliphatic heterocycles. The first-order valence-electron chi connectivity index (χ1n) is 9.22. The summed E-state index contributed by atoms with van der Waals surface area (Å²) >= 11 is 0. The normalized spacial score (nSPS) is 46.3. The van der Waals surface area contributed by atoms with E-state index in [0.717, 1.165) is 32.2 Å². The maximum absolute atomic E-state index is 11.9. The van der Waals surface area contributed by atoms with E-state index < -0.39 is 0 Å². The lowest BCUT2D eigenvalue weighted by Crippen LogP contribution is -2.62. The second-order valence-corrected chi connectivity index (χ2v) is 8.59. The van der Waals surface area contributed by atoms with Crippen LogP contribution in [0.15, 0.2) is 11.6 Å². The average Bonchev–Trinajstić information content (AvgIpc) is 2.63. The molecule has 0 bridgehead atoms. The van der Waals surface area contributed by atoms with Crippen LogP contribution in [0.25, 0.3) is 0 Å².